The van der Waals surface area contributed by atoms with Gasteiger partial charge in [0.15, 0.2) is 0 Å². The monoisotopic (exact) mass is 746 g/mol. The summed E-state index contributed by atoms with van der Waals surface area (Å²) in [6.45, 7) is 7.44. The van der Waals surface area contributed by atoms with Crippen molar-refractivity contribution in [1.29, 1.82) is 0 Å². The first kappa shape index (κ1) is 46.6. The number of aliphatic hydroxyl groups excluding tert-OH is 1. The molecule has 0 aromatic heterocycles. The van der Waals surface area contributed by atoms with E-state index in [1.165, 1.54) is 34.6 Å². The van der Waals surface area contributed by atoms with E-state index >= 15 is 0 Å². The molecular formula is C30H50N8O14. The molecular weight excluding hydrogens is 696 g/mol. The summed E-state index contributed by atoms with van der Waals surface area (Å²) in [5, 5.41) is 53.5. The van der Waals surface area contributed by atoms with E-state index in [1.807, 2.05) is 0 Å². The predicted molar refractivity (Wildman–Crippen MR) is 177 cm³/mol. The van der Waals surface area contributed by atoms with Gasteiger partial charge in [-0.25, -0.2) is 4.79 Å². The summed E-state index contributed by atoms with van der Waals surface area (Å²) in [7, 11) is 0. The summed E-state index contributed by atoms with van der Waals surface area (Å²) in [6.07, 6.45) is -3.81. The lowest BCUT2D eigenvalue weighted by molar-refractivity contribution is -0.144. The highest BCUT2D eigenvalue weighted by molar-refractivity contribution is 5.97. The van der Waals surface area contributed by atoms with Crippen molar-refractivity contribution in [3.05, 3.63) is 0 Å². The van der Waals surface area contributed by atoms with Crippen LogP contribution in [0.3, 0.4) is 0 Å². The smallest absolute Gasteiger partial charge is 0.326 e. The quantitative estimate of drug-likeness (QED) is 0.0467. The fraction of sp³-hybridized carbons (Fsp3) is 0.667. The third kappa shape index (κ3) is 17.5. The maximum atomic E-state index is 13.2. The van der Waals surface area contributed by atoms with Gasteiger partial charge in [0.25, 0.3) is 0 Å². The number of hydrogen-bond acceptors (Lipinski definition) is 12. The Hall–Kier alpha value is -5.38. The van der Waals surface area contributed by atoms with Gasteiger partial charge in [-0.3, -0.25) is 43.2 Å². The minimum Gasteiger partial charge on any atom is -0.481 e. The first-order valence-electron chi connectivity index (χ1n) is 16.2. The summed E-state index contributed by atoms with van der Waals surface area (Å²) in [4.78, 5) is 122. The van der Waals surface area contributed by atoms with Crippen LogP contribution < -0.4 is 43.0 Å². The first-order chi connectivity index (χ1) is 24.0. The second-order valence-corrected chi connectivity index (χ2v) is 12.3. The van der Waals surface area contributed by atoms with Crippen LogP contribution in [-0.4, -0.2) is 135 Å². The third-order valence-electron chi connectivity index (χ3n) is 7.21. The van der Waals surface area contributed by atoms with E-state index < -0.39 is 146 Å². The van der Waals surface area contributed by atoms with Crippen molar-refractivity contribution in [1.82, 2.24) is 37.2 Å². The van der Waals surface area contributed by atoms with E-state index in [-0.39, 0.29) is 0 Å². The van der Waals surface area contributed by atoms with Gasteiger partial charge in [0.1, 0.15) is 36.3 Å². The zero-order valence-electron chi connectivity index (χ0n) is 29.7. The topological polar surface area (TPSA) is 362 Å². The van der Waals surface area contributed by atoms with Crippen LogP contribution in [-0.2, 0) is 47.9 Å². The molecule has 22 nitrogen and oxygen atoms in total. The van der Waals surface area contributed by atoms with Crippen molar-refractivity contribution in [2.45, 2.75) is 116 Å². The average molecular weight is 747 g/mol. The Bertz CT molecular complexity index is 1340. The van der Waals surface area contributed by atoms with Crippen LogP contribution in [0.1, 0.15) is 67.2 Å². The van der Waals surface area contributed by atoms with Crippen molar-refractivity contribution < 1.29 is 68.4 Å². The number of carboxylic acid groups (broad SMARTS) is 3. The Kier molecular flexibility index (Phi) is 20.1. The fourth-order valence-corrected chi connectivity index (χ4v) is 4.15. The van der Waals surface area contributed by atoms with Gasteiger partial charge in [0.05, 0.1) is 18.7 Å². The number of aliphatic carboxylic acids is 3. The van der Waals surface area contributed by atoms with E-state index in [2.05, 4.69) is 37.2 Å². The Balaban J connectivity index is 5.67. The summed E-state index contributed by atoms with van der Waals surface area (Å²) in [5.74, 6) is -11.3. The van der Waals surface area contributed by atoms with Crippen LogP contribution in [0.4, 0.5) is 0 Å². The summed E-state index contributed by atoms with van der Waals surface area (Å²) < 4.78 is 0. The van der Waals surface area contributed by atoms with Crippen LogP contribution in [0.25, 0.3) is 0 Å². The molecule has 0 saturated heterocycles. The number of carbonyl (C=O) groups is 10. The van der Waals surface area contributed by atoms with Crippen molar-refractivity contribution in [3.63, 3.8) is 0 Å². The normalized spacial score (nSPS) is 15.5. The highest BCUT2D eigenvalue weighted by Crippen LogP contribution is 2.08. The Morgan fingerprint density at radius 2 is 1.00 bits per heavy atom. The third-order valence-corrected chi connectivity index (χ3v) is 7.21. The van der Waals surface area contributed by atoms with Crippen LogP contribution in [0.5, 0.6) is 0 Å². The fourth-order valence-electron chi connectivity index (χ4n) is 4.15. The van der Waals surface area contributed by atoms with Crippen molar-refractivity contribution in [3.8, 4) is 0 Å². The predicted octanol–water partition coefficient (Wildman–Crippen LogP) is -4.75. The van der Waals surface area contributed by atoms with Crippen LogP contribution in [0.2, 0.25) is 0 Å². The number of rotatable bonds is 23. The summed E-state index contributed by atoms with van der Waals surface area (Å²) in [5.41, 5.74) is 5.43. The molecule has 0 rings (SSSR count). The molecule has 0 fully saturated rings. The standard InChI is InChI=1S/C30H50N8O14/c1-12(2)22(28(49)36-18(30(51)52)8-10-21(43)44)37-29(50)23(16(6)39)38-27(48)17(7-9-20(41)42)35-26(47)15(5)33-19(40)11-32-25(46)14(4)34-24(45)13(3)31/h12-18,22-23,39H,7-11,31H2,1-6H3,(H,32,46)(H,33,40)(H,34,45)(H,35,47)(H,36,49)(H,37,50)(H,38,48)(H,41,42)(H,43,44)(H,51,52). The first-order valence-corrected chi connectivity index (χ1v) is 16.2. The molecule has 0 aromatic carbocycles. The molecule has 22 heteroatoms. The van der Waals surface area contributed by atoms with Gasteiger partial charge >= 0.3 is 17.9 Å². The highest BCUT2D eigenvalue weighted by Gasteiger charge is 2.35. The number of hydrogen-bond donors (Lipinski definition) is 12. The SMILES string of the molecule is CC(N)C(=O)NC(C)C(=O)NCC(=O)NC(C)C(=O)NC(CCC(=O)O)C(=O)NC(C(=O)NC(C(=O)NC(CCC(=O)O)C(=O)O)C(C)C)C(C)O. The Morgan fingerprint density at radius 1 is 0.538 bits per heavy atom. The molecule has 7 amide bonds. The lowest BCUT2D eigenvalue weighted by Gasteiger charge is -2.28. The molecule has 294 valence electrons. The average Bonchev–Trinajstić information content (AvgIpc) is 3.03. The molecule has 8 unspecified atom stereocenters. The zero-order valence-corrected chi connectivity index (χ0v) is 29.7. The van der Waals surface area contributed by atoms with Crippen molar-refractivity contribution in [2.24, 2.45) is 11.7 Å². The summed E-state index contributed by atoms with van der Waals surface area (Å²) in [6, 6.07) is -9.71. The molecule has 13 N–H and O–H groups in total. The molecule has 0 radical (unpaired) electrons. The Labute approximate surface area is 298 Å². The maximum absolute atomic E-state index is 13.2. The van der Waals surface area contributed by atoms with Crippen molar-refractivity contribution >= 4 is 59.3 Å². The lowest BCUT2D eigenvalue weighted by atomic mass is 10.0. The maximum Gasteiger partial charge on any atom is 0.326 e. The number of nitrogens with two attached hydrogens (primary N) is 1. The summed E-state index contributed by atoms with van der Waals surface area (Å²) >= 11 is 0. The van der Waals surface area contributed by atoms with E-state index in [0.29, 0.717) is 0 Å². The highest BCUT2D eigenvalue weighted by atomic mass is 16.4. The van der Waals surface area contributed by atoms with Gasteiger partial charge in [-0.2, -0.15) is 0 Å². The van der Waals surface area contributed by atoms with Crippen LogP contribution in [0, 0.1) is 5.92 Å². The molecule has 0 spiro atoms. The second kappa shape index (κ2) is 22.4. The number of carboxylic acids is 3. The van der Waals surface area contributed by atoms with Gasteiger partial charge < -0.3 is 63.4 Å². The van der Waals surface area contributed by atoms with Crippen molar-refractivity contribution in [2.75, 3.05) is 6.54 Å². The number of amides is 7. The van der Waals surface area contributed by atoms with E-state index in [0.717, 1.165) is 6.92 Å². The van der Waals surface area contributed by atoms with Gasteiger partial charge in [-0.15, -0.1) is 0 Å². The molecule has 0 aliphatic carbocycles. The molecule has 0 aliphatic heterocycles. The zero-order chi connectivity index (χ0) is 40.5. The number of aliphatic hydroxyl groups is 1. The van der Waals surface area contributed by atoms with Gasteiger partial charge in [0, 0.05) is 12.8 Å². The molecule has 0 heterocycles. The number of nitrogens with one attached hydrogen (secondary N) is 7. The van der Waals surface area contributed by atoms with Gasteiger partial charge in [-0.05, 0) is 46.5 Å². The molecule has 0 aliphatic rings. The molecule has 0 aromatic rings. The minimum atomic E-state index is -1.78. The van der Waals surface area contributed by atoms with Gasteiger partial charge in [-0.1, -0.05) is 13.8 Å². The van der Waals surface area contributed by atoms with Crippen LogP contribution >= 0.6 is 0 Å². The molecule has 52 heavy (non-hydrogen) atoms. The second-order valence-electron chi connectivity index (χ2n) is 12.3. The molecule has 8 atom stereocenters. The van der Waals surface area contributed by atoms with E-state index in [9.17, 15) is 63.3 Å². The van der Waals surface area contributed by atoms with Gasteiger partial charge in [0.2, 0.25) is 41.4 Å². The lowest BCUT2D eigenvalue weighted by Crippen LogP contribution is -2.61. The minimum absolute atomic E-state index is 0.459. The van der Waals surface area contributed by atoms with E-state index in [4.69, 9.17) is 10.8 Å². The van der Waals surface area contributed by atoms with E-state index in [1.54, 1.807) is 0 Å². The Morgan fingerprint density at radius 3 is 1.46 bits per heavy atom. The van der Waals surface area contributed by atoms with Crippen LogP contribution in [0.15, 0.2) is 0 Å². The number of carbonyl (C=O) groups excluding carboxylic acids is 7. The largest absolute Gasteiger partial charge is 0.481 e. The molecule has 0 bridgehead atoms. The molecule has 0 saturated carbocycles.